The maximum atomic E-state index is 13.3. The van der Waals surface area contributed by atoms with Crippen LogP contribution in [0, 0.1) is 12.7 Å². The maximum absolute atomic E-state index is 13.3. The van der Waals surface area contributed by atoms with Crippen LogP contribution in [-0.4, -0.2) is 74.9 Å². The zero-order valence-electron chi connectivity index (χ0n) is 25.4. The molecule has 0 atom stereocenters. The number of halogens is 1. The van der Waals surface area contributed by atoms with E-state index in [2.05, 4.69) is 35.0 Å². The molecule has 1 saturated heterocycles. The molecule has 2 aromatic heterocycles. The molecule has 2 N–H and O–H groups in total. The van der Waals surface area contributed by atoms with E-state index in [1.165, 1.54) is 36.7 Å². The number of anilines is 4. The number of hydrogen-bond donors (Lipinski definition) is 2. The van der Waals surface area contributed by atoms with Crippen LogP contribution in [0.25, 0.3) is 10.9 Å². The van der Waals surface area contributed by atoms with Crippen LogP contribution in [0.4, 0.5) is 27.4 Å². The average Bonchev–Trinajstić information content (AvgIpc) is 3.47. The molecule has 46 heavy (non-hydrogen) atoms. The highest BCUT2D eigenvalue weighted by atomic mass is 32.2. The van der Waals surface area contributed by atoms with Crippen LogP contribution in [0.1, 0.15) is 12.2 Å². The fourth-order valence-electron chi connectivity index (χ4n) is 5.25. The number of rotatable bonds is 12. The summed E-state index contributed by atoms with van der Waals surface area (Å²) < 4.78 is 57.9. The Labute approximate surface area is 266 Å². The topological polar surface area (TPSA) is 135 Å². The first-order valence-electron chi connectivity index (χ1n) is 14.8. The number of sulfonamides is 1. The van der Waals surface area contributed by atoms with Gasteiger partial charge in [-0.1, -0.05) is 5.16 Å². The van der Waals surface area contributed by atoms with Crippen LogP contribution in [-0.2, 0) is 10.0 Å². The summed E-state index contributed by atoms with van der Waals surface area (Å²) in [6.45, 7) is 6.69. The van der Waals surface area contributed by atoms with Crippen molar-refractivity contribution in [3.8, 4) is 11.5 Å². The summed E-state index contributed by atoms with van der Waals surface area (Å²) in [6, 6.07) is 18.1. The number of benzene rings is 3. The number of nitrogens with zero attached hydrogens (tertiary/aromatic N) is 5. The molecule has 0 spiro atoms. The molecule has 1 aliphatic rings. The molecule has 1 fully saturated rings. The van der Waals surface area contributed by atoms with E-state index in [0.717, 1.165) is 50.2 Å². The predicted octanol–water partition coefficient (Wildman–Crippen LogP) is 5.21. The summed E-state index contributed by atoms with van der Waals surface area (Å²) in [4.78, 5) is 13.6. The largest absolute Gasteiger partial charge is 0.493 e. The van der Waals surface area contributed by atoms with Crippen molar-refractivity contribution in [3.63, 3.8) is 0 Å². The molecule has 0 saturated carbocycles. The summed E-state index contributed by atoms with van der Waals surface area (Å²) in [6.07, 6.45) is 2.28. The Morgan fingerprint density at radius 3 is 2.41 bits per heavy atom. The van der Waals surface area contributed by atoms with E-state index in [9.17, 15) is 12.8 Å². The molecule has 12 nitrogen and oxygen atoms in total. The van der Waals surface area contributed by atoms with Crippen LogP contribution in [0.15, 0.2) is 82.5 Å². The number of nitrogens with one attached hydrogen (secondary N) is 2. The Kier molecular flexibility index (Phi) is 9.17. The van der Waals surface area contributed by atoms with E-state index in [4.69, 9.17) is 14.0 Å². The Morgan fingerprint density at radius 1 is 0.957 bits per heavy atom. The lowest BCUT2D eigenvalue weighted by atomic mass is 10.2. The quantitative estimate of drug-likeness (QED) is 0.173. The lowest BCUT2D eigenvalue weighted by Gasteiger charge is -2.36. The molecule has 0 bridgehead atoms. The van der Waals surface area contributed by atoms with Gasteiger partial charge in [0, 0.05) is 61.6 Å². The highest BCUT2D eigenvalue weighted by Gasteiger charge is 2.19. The van der Waals surface area contributed by atoms with Gasteiger partial charge in [0.05, 0.1) is 24.1 Å². The lowest BCUT2D eigenvalue weighted by Crippen LogP contribution is -2.46. The summed E-state index contributed by atoms with van der Waals surface area (Å²) in [7, 11) is -2.26. The van der Waals surface area contributed by atoms with Crippen molar-refractivity contribution < 1.29 is 26.8 Å². The summed E-state index contributed by atoms with van der Waals surface area (Å²) in [5, 5.41) is 7.65. The van der Waals surface area contributed by atoms with Crippen LogP contribution in [0.2, 0.25) is 0 Å². The molecule has 0 amide bonds. The van der Waals surface area contributed by atoms with Gasteiger partial charge in [0.1, 0.15) is 23.7 Å². The minimum atomic E-state index is -3.84. The maximum Gasteiger partial charge on any atom is 0.263 e. The van der Waals surface area contributed by atoms with Crippen LogP contribution < -0.4 is 24.4 Å². The third kappa shape index (κ3) is 7.29. The van der Waals surface area contributed by atoms with Gasteiger partial charge in [-0.15, -0.1) is 0 Å². The van der Waals surface area contributed by atoms with Crippen molar-refractivity contribution in [2.45, 2.75) is 18.2 Å². The van der Waals surface area contributed by atoms with Gasteiger partial charge in [-0.2, -0.15) is 0 Å². The average molecular weight is 648 g/mol. The van der Waals surface area contributed by atoms with Crippen molar-refractivity contribution in [2.24, 2.45) is 0 Å². The second kappa shape index (κ2) is 13.6. The van der Waals surface area contributed by atoms with E-state index in [-0.39, 0.29) is 16.5 Å². The van der Waals surface area contributed by atoms with Gasteiger partial charge in [0.25, 0.3) is 10.0 Å². The molecule has 0 aliphatic carbocycles. The first-order chi connectivity index (χ1) is 22.3. The number of piperazine rings is 1. The number of aryl methyl sites for hydroxylation is 1. The zero-order valence-corrected chi connectivity index (χ0v) is 26.3. The number of fused-ring (bicyclic) bond motifs is 1. The van der Waals surface area contributed by atoms with Gasteiger partial charge < -0.3 is 24.2 Å². The van der Waals surface area contributed by atoms with Crippen LogP contribution in [0.5, 0.6) is 11.5 Å². The molecule has 240 valence electrons. The van der Waals surface area contributed by atoms with Crippen molar-refractivity contribution in [2.75, 3.05) is 61.4 Å². The van der Waals surface area contributed by atoms with E-state index in [1.807, 2.05) is 18.2 Å². The minimum absolute atomic E-state index is 0.0708. The van der Waals surface area contributed by atoms with Crippen molar-refractivity contribution >= 4 is 43.9 Å². The Hall–Kier alpha value is -4.95. The SMILES string of the molecule is COc1cc2ncnc(Nc3ccc(S(=O)(=O)Nc4cc(C)on4)cc3)c2cc1OCCCN1CCN(c2ccc(F)cc2)CC1. The second-order valence-electron chi connectivity index (χ2n) is 10.8. The molecule has 0 radical (unpaired) electrons. The molecule has 3 heterocycles. The van der Waals surface area contributed by atoms with Crippen molar-refractivity contribution in [1.29, 1.82) is 0 Å². The van der Waals surface area contributed by atoms with Crippen molar-refractivity contribution in [1.82, 2.24) is 20.0 Å². The van der Waals surface area contributed by atoms with E-state index >= 15 is 0 Å². The number of aromatic nitrogens is 3. The molecule has 14 heteroatoms. The number of methoxy groups -OCH3 is 1. The number of ether oxygens (including phenoxy) is 2. The Morgan fingerprint density at radius 2 is 1.72 bits per heavy atom. The Balaban J connectivity index is 1.07. The monoisotopic (exact) mass is 647 g/mol. The lowest BCUT2D eigenvalue weighted by molar-refractivity contribution is 0.221. The van der Waals surface area contributed by atoms with E-state index < -0.39 is 10.0 Å². The van der Waals surface area contributed by atoms with Gasteiger partial charge in [-0.25, -0.2) is 22.8 Å². The smallest absolute Gasteiger partial charge is 0.263 e. The summed E-state index contributed by atoms with van der Waals surface area (Å²) >= 11 is 0. The normalized spacial score (nSPS) is 13.9. The highest BCUT2D eigenvalue weighted by molar-refractivity contribution is 7.92. The fraction of sp³-hybridized carbons (Fsp3) is 0.281. The highest BCUT2D eigenvalue weighted by Crippen LogP contribution is 2.35. The molecule has 5 aromatic rings. The number of hydrogen-bond acceptors (Lipinski definition) is 11. The van der Waals surface area contributed by atoms with Gasteiger partial charge in [0.15, 0.2) is 17.3 Å². The van der Waals surface area contributed by atoms with Crippen molar-refractivity contribution in [3.05, 3.63) is 84.6 Å². The Bertz CT molecular complexity index is 1900. The molecule has 3 aromatic carbocycles. The second-order valence-corrected chi connectivity index (χ2v) is 12.5. The standard InChI is InChI=1S/C32H34FN7O5S/c1-22-18-31(37-45-22)38-46(41,42)26-10-6-24(7-11-26)36-32-27-19-30(29(43-2)20-28(27)34-21-35-32)44-17-3-12-39-13-15-40(16-14-39)25-8-4-23(33)5-9-25/h4-11,18-21H,3,12-17H2,1-2H3,(H,37,38)(H,34,35,36). The molecule has 0 unspecified atom stereocenters. The predicted molar refractivity (Wildman–Crippen MR) is 173 cm³/mol. The fourth-order valence-corrected chi connectivity index (χ4v) is 6.24. The van der Waals surface area contributed by atoms with Gasteiger partial charge >= 0.3 is 0 Å². The molecular formula is C32H34FN7O5S. The van der Waals surface area contributed by atoms with E-state index in [0.29, 0.717) is 40.9 Å². The third-order valence-electron chi connectivity index (χ3n) is 7.66. The van der Waals surface area contributed by atoms with Crippen LogP contribution in [0.3, 0.4) is 0 Å². The summed E-state index contributed by atoms with van der Waals surface area (Å²) in [5.74, 6) is 2.05. The minimum Gasteiger partial charge on any atom is -0.493 e. The van der Waals surface area contributed by atoms with Gasteiger partial charge in [0.2, 0.25) is 0 Å². The van der Waals surface area contributed by atoms with E-state index in [1.54, 1.807) is 32.2 Å². The van der Waals surface area contributed by atoms with Gasteiger partial charge in [-0.05, 0) is 67.9 Å². The first kappa shape index (κ1) is 31.0. The third-order valence-corrected chi connectivity index (χ3v) is 9.03. The molecule has 1 aliphatic heterocycles. The molecule has 6 rings (SSSR count). The van der Waals surface area contributed by atoms with Crippen LogP contribution >= 0.6 is 0 Å². The zero-order chi connectivity index (χ0) is 32.1. The first-order valence-corrected chi connectivity index (χ1v) is 16.3. The van der Waals surface area contributed by atoms with Gasteiger partial charge in [-0.3, -0.25) is 9.62 Å². The molecular weight excluding hydrogens is 613 g/mol. The summed E-state index contributed by atoms with van der Waals surface area (Å²) in [5.41, 5.74) is 2.34.